The van der Waals surface area contributed by atoms with Crippen molar-refractivity contribution < 1.29 is 14.1 Å². The Morgan fingerprint density at radius 1 is 1.19 bits per heavy atom. The number of nitrogens with one attached hydrogen (secondary N) is 1. The van der Waals surface area contributed by atoms with Crippen molar-refractivity contribution in [2.75, 3.05) is 5.32 Å². The van der Waals surface area contributed by atoms with Crippen LogP contribution in [0.15, 0.2) is 18.2 Å². The fourth-order valence-electron chi connectivity index (χ4n) is 2.67. The molecule has 26 heavy (non-hydrogen) atoms. The fraction of sp³-hybridized carbons (Fsp3) is 0.579. The Kier molecular flexibility index (Phi) is 5.16. The summed E-state index contributed by atoms with van der Waals surface area (Å²) in [5, 5.41) is 3.57. The topological polar surface area (TPSA) is 60.5 Å². The van der Waals surface area contributed by atoms with Crippen molar-refractivity contribution in [1.82, 2.24) is 4.98 Å². The molecule has 2 aliphatic rings. The van der Waals surface area contributed by atoms with Crippen LogP contribution < -0.4 is 10.8 Å². The molecule has 0 spiro atoms. The van der Waals surface area contributed by atoms with Gasteiger partial charge in [-0.1, -0.05) is 31.3 Å². The molecule has 5 nitrogen and oxygen atoms in total. The normalized spacial score (nSPS) is 20.6. The molecular formula is C19H27BN2O3S. The summed E-state index contributed by atoms with van der Waals surface area (Å²) < 4.78 is 13.2. The molecule has 140 valence electrons. The number of rotatable bonds is 3. The first-order chi connectivity index (χ1) is 12.2. The van der Waals surface area contributed by atoms with Gasteiger partial charge in [-0.2, -0.15) is 0 Å². The molecule has 1 aromatic heterocycles. The van der Waals surface area contributed by atoms with Gasteiger partial charge in [-0.3, -0.25) is 4.79 Å². The van der Waals surface area contributed by atoms with Gasteiger partial charge < -0.3 is 14.6 Å². The lowest BCUT2D eigenvalue weighted by Crippen LogP contribution is -2.41. The predicted octanol–water partition coefficient (Wildman–Crippen LogP) is 3.97. The maximum absolute atomic E-state index is 11.9. The van der Waals surface area contributed by atoms with E-state index in [9.17, 15) is 4.79 Å². The van der Waals surface area contributed by atoms with E-state index >= 15 is 0 Å². The van der Waals surface area contributed by atoms with Crippen LogP contribution in [0.4, 0.5) is 5.13 Å². The fourth-order valence-corrected chi connectivity index (χ4v) is 3.59. The Bertz CT molecular complexity index is 798. The van der Waals surface area contributed by atoms with Gasteiger partial charge in [0.25, 0.3) is 0 Å². The Balaban J connectivity index is 0.000000948. The summed E-state index contributed by atoms with van der Waals surface area (Å²) in [5.41, 5.74) is 1.14. The largest absolute Gasteiger partial charge is 0.494 e. The van der Waals surface area contributed by atoms with Crippen molar-refractivity contribution in [1.29, 1.82) is 0 Å². The van der Waals surface area contributed by atoms with Crippen molar-refractivity contribution in [3.8, 4) is 0 Å². The summed E-state index contributed by atoms with van der Waals surface area (Å²) >= 11 is 1.49. The average molecular weight is 374 g/mol. The van der Waals surface area contributed by atoms with Crippen molar-refractivity contribution >= 4 is 45.2 Å². The number of anilines is 1. The molecule has 1 aliphatic heterocycles. The van der Waals surface area contributed by atoms with E-state index in [1.807, 2.05) is 59.7 Å². The number of benzene rings is 1. The molecule has 1 saturated carbocycles. The molecule has 0 radical (unpaired) electrons. The highest BCUT2D eigenvalue weighted by atomic mass is 32.1. The molecule has 1 saturated heterocycles. The maximum atomic E-state index is 11.9. The molecule has 2 aromatic rings. The third-order valence-electron chi connectivity index (χ3n) is 5.12. The van der Waals surface area contributed by atoms with Crippen molar-refractivity contribution in [3.63, 3.8) is 0 Å². The van der Waals surface area contributed by atoms with E-state index in [1.165, 1.54) is 11.3 Å². The summed E-state index contributed by atoms with van der Waals surface area (Å²) in [6.07, 6.45) is 1.98. The van der Waals surface area contributed by atoms with Crippen LogP contribution >= 0.6 is 11.3 Å². The SMILES string of the molecule is CC.CC1(C)OB(c2ccc3nc(NC(=O)C4CC4)sc3c2)OC1(C)C. The predicted molar refractivity (Wildman–Crippen MR) is 108 cm³/mol. The third kappa shape index (κ3) is 3.66. The number of carbonyl (C=O) groups is 1. The molecule has 0 bridgehead atoms. The number of carbonyl (C=O) groups excluding carboxylic acids is 1. The number of aromatic nitrogens is 1. The first kappa shape index (κ1) is 19.3. The second-order valence-electron chi connectivity index (χ2n) is 7.60. The number of amides is 1. The van der Waals surface area contributed by atoms with E-state index in [-0.39, 0.29) is 30.1 Å². The van der Waals surface area contributed by atoms with Gasteiger partial charge in [0.1, 0.15) is 0 Å². The van der Waals surface area contributed by atoms with E-state index in [0.717, 1.165) is 28.5 Å². The monoisotopic (exact) mass is 374 g/mol. The minimum atomic E-state index is -0.383. The van der Waals surface area contributed by atoms with E-state index in [4.69, 9.17) is 9.31 Å². The molecule has 1 aromatic carbocycles. The number of fused-ring (bicyclic) bond motifs is 1. The van der Waals surface area contributed by atoms with Gasteiger partial charge in [0.15, 0.2) is 5.13 Å². The number of nitrogens with zero attached hydrogens (tertiary/aromatic N) is 1. The molecular weight excluding hydrogens is 347 g/mol. The lowest BCUT2D eigenvalue weighted by molar-refractivity contribution is -0.117. The minimum Gasteiger partial charge on any atom is -0.399 e. The van der Waals surface area contributed by atoms with Crippen LogP contribution in [0.3, 0.4) is 0 Å². The zero-order valence-electron chi connectivity index (χ0n) is 16.4. The molecule has 2 heterocycles. The number of hydrogen-bond acceptors (Lipinski definition) is 5. The van der Waals surface area contributed by atoms with Crippen LogP contribution in [0, 0.1) is 5.92 Å². The van der Waals surface area contributed by atoms with Gasteiger partial charge in [-0.05, 0) is 58.1 Å². The van der Waals surface area contributed by atoms with E-state index in [0.29, 0.717) is 5.13 Å². The van der Waals surface area contributed by atoms with Gasteiger partial charge in [0, 0.05) is 5.92 Å². The van der Waals surface area contributed by atoms with Crippen LogP contribution in [-0.4, -0.2) is 29.2 Å². The van der Waals surface area contributed by atoms with Crippen molar-refractivity contribution in [3.05, 3.63) is 18.2 Å². The van der Waals surface area contributed by atoms with Crippen LogP contribution in [0.1, 0.15) is 54.4 Å². The summed E-state index contributed by atoms with van der Waals surface area (Å²) in [7, 11) is -0.383. The van der Waals surface area contributed by atoms with E-state index in [2.05, 4.69) is 10.3 Å². The first-order valence-corrected chi connectivity index (χ1v) is 10.1. The van der Waals surface area contributed by atoms with Crippen molar-refractivity contribution in [2.24, 2.45) is 5.92 Å². The second-order valence-corrected chi connectivity index (χ2v) is 8.63. The highest BCUT2D eigenvalue weighted by Crippen LogP contribution is 2.37. The summed E-state index contributed by atoms with van der Waals surface area (Å²) in [6.45, 7) is 12.2. The third-order valence-corrected chi connectivity index (χ3v) is 6.05. The van der Waals surface area contributed by atoms with Gasteiger partial charge in [-0.25, -0.2) is 4.98 Å². The van der Waals surface area contributed by atoms with Crippen LogP contribution in [-0.2, 0) is 14.1 Å². The second kappa shape index (κ2) is 6.95. The molecule has 7 heteroatoms. The molecule has 4 rings (SSSR count). The minimum absolute atomic E-state index is 0.0836. The number of hydrogen-bond donors (Lipinski definition) is 1. The standard InChI is InChI=1S/C17H21BN2O3S.C2H6/c1-16(2)17(3,4)23-18(22-16)11-7-8-12-13(9-11)24-15(19-12)20-14(21)10-5-6-10;1-2/h7-10H,5-6H2,1-4H3,(H,19,20,21);1-2H3. The zero-order valence-corrected chi connectivity index (χ0v) is 17.2. The highest BCUT2D eigenvalue weighted by molar-refractivity contribution is 7.22. The highest BCUT2D eigenvalue weighted by Gasteiger charge is 2.51. The van der Waals surface area contributed by atoms with Crippen molar-refractivity contribution in [2.45, 2.75) is 65.6 Å². The van der Waals surface area contributed by atoms with Crippen LogP contribution in [0.25, 0.3) is 10.2 Å². The van der Waals surface area contributed by atoms with Gasteiger partial charge >= 0.3 is 7.12 Å². The summed E-state index contributed by atoms with van der Waals surface area (Å²) in [5.74, 6) is 0.262. The lowest BCUT2D eigenvalue weighted by Gasteiger charge is -2.32. The molecule has 2 fully saturated rings. The molecule has 1 N–H and O–H groups in total. The summed E-state index contributed by atoms with van der Waals surface area (Å²) in [4.78, 5) is 16.4. The lowest BCUT2D eigenvalue weighted by atomic mass is 9.79. The Labute approximate surface area is 159 Å². The molecule has 1 aliphatic carbocycles. The molecule has 0 unspecified atom stereocenters. The quantitative estimate of drug-likeness (QED) is 0.826. The van der Waals surface area contributed by atoms with Gasteiger partial charge in [-0.15, -0.1) is 0 Å². The Morgan fingerprint density at radius 2 is 1.81 bits per heavy atom. The van der Waals surface area contributed by atoms with Crippen LogP contribution in [0.2, 0.25) is 0 Å². The number of thiazole rings is 1. The van der Waals surface area contributed by atoms with Gasteiger partial charge in [0.05, 0.1) is 21.4 Å². The van der Waals surface area contributed by atoms with E-state index < -0.39 is 0 Å². The van der Waals surface area contributed by atoms with Gasteiger partial charge in [0.2, 0.25) is 5.91 Å². The maximum Gasteiger partial charge on any atom is 0.494 e. The summed E-state index contributed by atoms with van der Waals surface area (Å²) in [6, 6.07) is 5.98. The zero-order chi connectivity index (χ0) is 19.1. The average Bonchev–Trinajstić information content (AvgIpc) is 3.31. The Morgan fingerprint density at radius 3 is 2.38 bits per heavy atom. The Hall–Kier alpha value is -1.44. The van der Waals surface area contributed by atoms with Crippen LogP contribution in [0.5, 0.6) is 0 Å². The molecule has 0 atom stereocenters. The first-order valence-electron chi connectivity index (χ1n) is 9.32. The smallest absolute Gasteiger partial charge is 0.399 e. The molecule has 1 amide bonds. The van der Waals surface area contributed by atoms with E-state index in [1.54, 1.807) is 0 Å².